The molecule has 0 aromatic carbocycles. The molecule has 0 aliphatic carbocycles. The average Bonchev–Trinajstić information content (AvgIpc) is 2.99. The second kappa shape index (κ2) is 34.8. The summed E-state index contributed by atoms with van der Waals surface area (Å²) in [6.07, 6.45) is 34.0. The van der Waals surface area contributed by atoms with Gasteiger partial charge in [-0.3, -0.25) is 4.90 Å². The van der Waals surface area contributed by atoms with Crippen LogP contribution in [0.4, 0.5) is 22.0 Å². The number of nitrogens with zero attached hydrogens (tertiary/aromatic N) is 1. The summed E-state index contributed by atoms with van der Waals surface area (Å²) in [5.41, 5.74) is 0. The van der Waals surface area contributed by atoms with E-state index < -0.39 is 18.6 Å². The van der Waals surface area contributed by atoms with Crippen LogP contribution in [0.3, 0.4) is 0 Å². The molecule has 0 atom stereocenters. The summed E-state index contributed by atoms with van der Waals surface area (Å²) >= 11 is 0. The highest BCUT2D eigenvalue weighted by molar-refractivity contribution is 5.85. The minimum atomic E-state index is -5.48. The Morgan fingerprint density at radius 2 is 0.522 bits per heavy atom. The normalized spacial score (nSPS) is 12.3. The number of alkyl halides is 5. The summed E-state index contributed by atoms with van der Waals surface area (Å²) in [6.45, 7) is 3.98. The van der Waals surface area contributed by atoms with Crippen molar-refractivity contribution >= 4 is 12.4 Å². The molecular formula is C39H77ClF5N. The number of hydrogen-bond acceptors (Lipinski definition) is 1. The van der Waals surface area contributed by atoms with E-state index in [1.165, 1.54) is 159 Å². The Hall–Kier alpha value is -0.100. The van der Waals surface area contributed by atoms with Crippen LogP contribution in [0.5, 0.6) is 0 Å². The number of hydrogen-bond donors (Lipinski definition) is 0. The smallest absolute Gasteiger partial charge is 0.297 e. The summed E-state index contributed by atoms with van der Waals surface area (Å²) in [6, 6.07) is 0. The first-order valence-corrected chi connectivity index (χ1v) is 19.9. The van der Waals surface area contributed by atoms with Crippen molar-refractivity contribution in [2.75, 3.05) is 19.6 Å². The van der Waals surface area contributed by atoms with Crippen LogP contribution < -0.4 is 0 Å². The fraction of sp³-hybridized carbons (Fsp3) is 1.00. The molecule has 0 bridgehead atoms. The zero-order valence-electron chi connectivity index (χ0n) is 30.5. The molecule has 0 saturated heterocycles. The first-order valence-electron chi connectivity index (χ1n) is 19.9. The van der Waals surface area contributed by atoms with Crippen LogP contribution in [0.2, 0.25) is 0 Å². The SMILES string of the molecule is CCCCCCCCCCCCCCCCCCN(CCCCCCCCCCCCCCCCCC)CC(F)(F)C(F)(F)F.Cl. The Morgan fingerprint density at radius 3 is 0.717 bits per heavy atom. The van der Waals surface area contributed by atoms with Crippen molar-refractivity contribution in [3.05, 3.63) is 0 Å². The maximum absolute atomic E-state index is 13.8. The first-order chi connectivity index (χ1) is 21.7. The van der Waals surface area contributed by atoms with Gasteiger partial charge in [0.1, 0.15) is 0 Å². The second-order valence-electron chi connectivity index (χ2n) is 14.1. The van der Waals surface area contributed by atoms with Gasteiger partial charge in [0.05, 0.1) is 6.54 Å². The van der Waals surface area contributed by atoms with Crippen LogP contribution in [0.1, 0.15) is 219 Å². The molecule has 0 unspecified atom stereocenters. The maximum Gasteiger partial charge on any atom is 0.454 e. The molecule has 0 amide bonds. The van der Waals surface area contributed by atoms with Gasteiger partial charge in [-0.2, -0.15) is 22.0 Å². The van der Waals surface area contributed by atoms with Crippen molar-refractivity contribution in [2.45, 2.75) is 231 Å². The van der Waals surface area contributed by atoms with Gasteiger partial charge in [-0.05, 0) is 25.9 Å². The summed E-state index contributed by atoms with van der Waals surface area (Å²) < 4.78 is 66.3. The minimum absolute atomic E-state index is 0. The van der Waals surface area contributed by atoms with Gasteiger partial charge in [-0.1, -0.05) is 206 Å². The number of unbranched alkanes of at least 4 members (excludes halogenated alkanes) is 30. The highest BCUT2D eigenvalue weighted by atomic mass is 35.5. The molecule has 0 aromatic heterocycles. The number of rotatable bonds is 36. The lowest BCUT2D eigenvalue weighted by atomic mass is 10.0. The monoisotopic (exact) mass is 690 g/mol. The van der Waals surface area contributed by atoms with E-state index in [-0.39, 0.29) is 12.4 Å². The molecule has 0 aromatic rings. The average molecular weight is 690 g/mol. The zero-order valence-corrected chi connectivity index (χ0v) is 31.3. The van der Waals surface area contributed by atoms with E-state index in [9.17, 15) is 22.0 Å². The van der Waals surface area contributed by atoms with E-state index in [1.807, 2.05) is 0 Å². The molecule has 0 rings (SSSR count). The Bertz CT molecular complexity index is 551. The predicted octanol–water partition coefficient (Wildman–Crippen LogP) is 15.4. The van der Waals surface area contributed by atoms with E-state index in [4.69, 9.17) is 0 Å². The molecule has 7 heteroatoms. The van der Waals surface area contributed by atoms with E-state index in [1.54, 1.807) is 0 Å². The van der Waals surface area contributed by atoms with Gasteiger partial charge in [0.2, 0.25) is 0 Å². The van der Waals surface area contributed by atoms with Crippen molar-refractivity contribution in [1.29, 1.82) is 0 Å². The second-order valence-corrected chi connectivity index (χ2v) is 14.1. The van der Waals surface area contributed by atoms with Crippen LogP contribution in [0.25, 0.3) is 0 Å². The van der Waals surface area contributed by atoms with Crippen LogP contribution in [0.15, 0.2) is 0 Å². The van der Waals surface area contributed by atoms with Gasteiger partial charge < -0.3 is 0 Å². The van der Waals surface area contributed by atoms with Crippen LogP contribution in [-0.2, 0) is 0 Å². The largest absolute Gasteiger partial charge is 0.454 e. The van der Waals surface area contributed by atoms with Gasteiger partial charge in [0.25, 0.3) is 0 Å². The van der Waals surface area contributed by atoms with Gasteiger partial charge in [0.15, 0.2) is 0 Å². The fourth-order valence-corrected chi connectivity index (χ4v) is 6.41. The topological polar surface area (TPSA) is 3.24 Å². The lowest BCUT2D eigenvalue weighted by Gasteiger charge is -2.28. The van der Waals surface area contributed by atoms with Gasteiger partial charge >= 0.3 is 12.1 Å². The molecule has 0 aliphatic rings. The van der Waals surface area contributed by atoms with Crippen molar-refractivity contribution in [3.63, 3.8) is 0 Å². The lowest BCUT2D eigenvalue weighted by molar-refractivity contribution is -0.286. The van der Waals surface area contributed by atoms with E-state index >= 15 is 0 Å². The fourth-order valence-electron chi connectivity index (χ4n) is 6.41. The molecule has 0 radical (unpaired) electrons. The van der Waals surface area contributed by atoms with E-state index in [0.29, 0.717) is 25.9 Å². The molecule has 0 N–H and O–H groups in total. The zero-order chi connectivity index (χ0) is 33.3. The van der Waals surface area contributed by atoms with Crippen molar-refractivity contribution in [2.24, 2.45) is 0 Å². The molecule has 0 heterocycles. The van der Waals surface area contributed by atoms with Crippen LogP contribution in [-0.4, -0.2) is 36.6 Å². The maximum atomic E-state index is 13.8. The molecule has 0 spiro atoms. The Labute approximate surface area is 289 Å². The highest BCUT2D eigenvalue weighted by Gasteiger charge is 2.57. The van der Waals surface area contributed by atoms with Crippen LogP contribution >= 0.6 is 12.4 Å². The highest BCUT2D eigenvalue weighted by Crippen LogP contribution is 2.36. The van der Waals surface area contributed by atoms with Gasteiger partial charge in [0, 0.05) is 0 Å². The molecule has 0 aliphatic heterocycles. The quantitative estimate of drug-likeness (QED) is 0.0467. The minimum Gasteiger partial charge on any atom is -0.297 e. The van der Waals surface area contributed by atoms with E-state index in [0.717, 1.165) is 38.5 Å². The number of halogens is 6. The Balaban J connectivity index is 0. The summed E-state index contributed by atoms with van der Waals surface area (Å²) in [5, 5.41) is 0. The third kappa shape index (κ3) is 32.4. The van der Waals surface area contributed by atoms with Crippen molar-refractivity contribution in [3.8, 4) is 0 Å². The molecule has 0 saturated carbocycles. The van der Waals surface area contributed by atoms with Gasteiger partial charge in [-0.15, -0.1) is 12.4 Å². The van der Waals surface area contributed by atoms with Crippen molar-refractivity contribution in [1.82, 2.24) is 4.90 Å². The third-order valence-electron chi connectivity index (χ3n) is 9.49. The predicted molar refractivity (Wildman–Crippen MR) is 194 cm³/mol. The first kappa shape index (κ1) is 48.0. The third-order valence-corrected chi connectivity index (χ3v) is 9.49. The Morgan fingerprint density at radius 1 is 0.326 bits per heavy atom. The van der Waals surface area contributed by atoms with Crippen molar-refractivity contribution < 1.29 is 22.0 Å². The molecule has 280 valence electrons. The standard InChI is InChI=1S/C39H76F5N.ClH/c1-3-5-7-9-11-13-15-17-19-21-23-25-27-29-31-33-35-45(37-38(40,41)39(42,43)44)36-34-32-30-28-26-24-22-20-18-16-14-12-10-8-6-4-2;/h3-37H2,1-2H3;1H. The Kier molecular flexibility index (Phi) is 36.3. The summed E-state index contributed by atoms with van der Waals surface area (Å²) in [4.78, 5) is 1.38. The molecular weight excluding hydrogens is 613 g/mol. The van der Waals surface area contributed by atoms with Crippen LogP contribution in [0, 0.1) is 0 Å². The lowest BCUT2D eigenvalue weighted by Crippen LogP contribution is -2.47. The molecule has 0 fully saturated rings. The molecule has 1 nitrogen and oxygen atoms in total. The van der Waals surface area contributed by atoms with Gasteiger partial charge in [-0.25, -0.2) is 0 Å². The summed E-state index contributed by atoms with van der Waals surface area (Å²) in [7, 11) is 0. The molecule has 46 heavy (non-hydrogen) atoms. The summed E-state index contributed by atoms with van der Waals surface area (Å²) in [5.74, 6) is -4.64. The van der Waals surface area contributed by atoms with E-state index in [2.05, 4.69) is 13.8 Å².